The summed E-state index contributed by atoms with van der Waals surface area (Å²) in [5.74, 6) is -0.169. The normalized spacial score (nSPS) is 11.6. The monoisotopic (exact) mass is 234 g/mol. The van der Waals surface area contributed by atoms with Crippen LogP contribution in [0, 0.1) is 5.82 Å². The van der Waals surface area contributed by atoms with E-state index in [2.05, 4.69) is 29.9 Å². The van der Waals surface area contributed by atoms with Gasteiger partial charge in [0.05, 0.1) is 5.52 Å². The fourth-order valence-electron chi connectivity index (χ4n) is 2.18. The van der Waals surface area contributed by atoms with Gasteiger partial charge in [-0.1, -0.05) is 0 Å². The van der Waals surface area contributed by atoms with Gasteiger partial charge in [-0.3, -0.25) is 0 Å². The molecule has 0 spiro atoms. The Morgan fingerprint density at radius 3 is 2.76 bits per heavy atom. The quantitative estimate of drug-likeness (QED) is 0.860. The van der Waals surface area contributed by atoms with E-state index < -0.39 is 0 Å². The van der Waals surface area contributed by atoms with Crippen molar-refractivity contribution in [2.75, 3.05) is 13.6 Å². The molecule has 17 heavy (non-hydrogen) atoms. The first-order valence-corrected chi connectivity index (χ1v) is 6.07. The first-order chi connectivity index (χ1) is 8.13. The van der Waals surface area contributed by atoms with E-state index in [1.807, 2.05) is 13.1 Å². The molecule has 0 unspecified atom stereocenters. The maximum Gasteiger partial charge on any atom is 0.125 e. The van der Waals surface area contributed by atoms with Crippen LogP contribution in [0.15, 0.2) is 24.4 Å². The van der Waals surface area contributed by atoms with Gasteiger partial charge in [-0.25, -0.2) is 4.39 Å². The maximum absolute atomic E-state index is 13.3. The highest BCUT2D eigenvalue weighted by Gasteiger charge is 2.10. The summed E-state index contributed by atoms with van der Waals surface area (Å²) in [6.07, 6.45) is 3.12. The highest BCUT2D eigenvalue weighted by Crippen LogP contribution is 2.25. The lowest BCUT2D eigenvalue weighted by molar-refractivity contribution is 0.610. The maximum atomic E-state index is 13.3. The number of hydrogen-bond acceptors (Lipinski definition) is 1. The Kier molecular flexibility index (Phi) is 3.48. The topological polar surface area (TPSA) is 17.0 Å². The summed E-state index contributed by atoms with van der Waals surface area (Å²) in [5.41, 5.74) is 2.27. The number of aromatic nitrogens is 1. The van der Waals surface area contributed by atoms with Crippen molar-refractivity contribution in [1.29, 1.82) is 0 Å². The van der Waals surface area contributed by atoms with Crippen LogP contribution in [-0.2, 0) is 6.42 Å². The van der Waals surface area contributed by atoms with Gasteiger partial charge in [0.15, 0.2) is 0 Å². The van der Waals surface area contributed by atoms with Crippen molar-refractivity contribution in [3.05, 3.63) is 35.8 Å². The molecule has 1 N–H and O–H groups in total. The molecule has 2 aromatic rings. The molecule has 0 aliphatic carbocycles. The number of nitrogens with one attached hydrogen (secondary N) is 1. The molecule has 2 nitrogen and oxygen atoms in total. The Labute approximate surface area is 101 Å². The number of fused-ring (bicyclic) bond motifs is 1. The van der Waals surface area contributed by atoms with E-state index in [0.29, 0.717) is 6.04 Å². The van der Waals surface area contributed by atoms with Crippen LogP contribution in [0.2, 0.25) is 0 Å². The first kappa shape index (κ1) is 12.1. The van der Waals surface area contributed by atoms with Gasteiger partial charge in [-0.05, 0) is 57.6 Å². The Bertz CT molecular complexity index is 514. The van der Waals surface area contributed by atoms with Crippen LogP contribution in [0.5, 0.6) is 0 Å². The molecule has 0 aliphatic rings. The van der Waals surface area contributed by atoms with Crippen LogP contribution in [0.4, 0.5) is 4.39 Å². The zero-order chi connectivity index (χ0) is 12.4. The number of benzene rings is 1. The molecular weight excluding hydrogens is 215 g/mol. The highest BCUT2D eigenvalue weighted by molar-refractivity contribution is 5.84. The molecule has 2 rings (SSSR count). The Hall–Kier alpha value is -1.35. The van der Waals surface area contributed by atoms with Gasteiger partial charge in [-0.15, -0.1) is 0 Å². The minimum atomic E-state index is -0.169. The van der Waals surface area contributed by atoms with Crippen LogP contribution in [0.3, 0.4) is 0 Å². The van der Waals surface area contributed by atoms with E-state index in [1.165, 1.54) is 11.6 Å². The molecule has 1 heterocycles. The molecule has 0 atom stereocenters. The molecule has 1 aromatic carbocycles. The summed E-state index contributed by atoms with van der Waals surface area (Å²) in [5, 5.41) is 4.31. The second-order valence-electron chi connectivity index (χ2n) is 4.67. The lowest BCUT2D eigenvalue weighted by atomic mass is 10.1. The third-order valence-corrected chi connectivity index (χ3v) is 3.08. The van der Waals surface area contributed by atoms with Crippen molar-refractivity contribution in [1.82, 2.24) is 9.88 Å². The van der Waals surface area contributed by atoms with Crippen LogP contribution in [0.1, 0.15) is 25.5 Å². The molecule has 0 radical (unpaired) electrons. The van der Waals surface area contributed by atoms with Crippen molar-refractivity contribution in [2.24, 2.45) is 0 Å². The van der Waals surface area contributed by atoms with Gasteiger partial charge in [0, 0.05) is 17.6 Å². The van der Waals surface area contributed by atoms with Gasteiger partial charge in [-0.2, -0.15) is 0 Å². The molecule has 0 aliphatic heterocycles. The summed E-state index contributed by atoms with van der Waals surface area (Å²) in [6.45, 7) is 5.17. The molecule has 3 heteroatoms. The van der Waals surface area contributed by atoms with Gasteiger partial charge < -0.3 is 9.88 Å². The van der Waals surface area contributed by atoms with E-state index >= 15 is 0 Å². The second-order valence-corrected chi connectivity index (χ2v) is 4.67. The summed E-state index contributed by atoms with van der Waals surface area (Å²) in [6, 6.07) is 5.39. The van der Waals surface area contributed by atoms with Crippen LogP contribution in [-0.4, -0.2) is 18.2 Å². The highest BCUT2D eigenvalue weighted by atomic mass is 19.1. The van der Waals surface area contributed by atoms with Crippen LogP contribution >= 0.6 is 0 Å². The zero-order valence-corrected chi connectivity index (χ0v) is 10.6. The number of hydrogen-bond donors (Lipinski definition) is 1. The van der Waals surface area contributed by atoms with Crippen molar-refractivity contribution < 1.29 is 4.39 Å². The van der Waals surface area contributed by atoms with Crippen molar-refractivity contribution in [3.63, 3.8) is 0 Å². The average Bonchev–Trinajstić information content (AvgIpc) is 2.64. The molecule has 0 saturated carbocycles. The minimum absolute atomic E-state index is 0.169. The van der Waals surface area contributed by atoms with Gasteiger partial charge in [0.1, 0.15) is 5.82 Å². The number of halogens is 1. The molecule has 0 fully saturated rings. The molecule has 0 amide bonds. The Morgan fingerprint density at radius 1 is 1.35 bits per heavy atom. The fourth-order valence-corrected chi connectivity index (χ4v) is 2.18. The predicted octanol–water partition coefficient (Wildman–Crippen LogP) is 3.12. The summed E-state index contributed by atoms with van der Waals surface area (Å²) < 4.78 is 15.5. The van der Waals surface area contributed by atoms with Gasteiger partial charge in [0.2, 0.25) is 0 Å². The SMILES string of the molecule is CNCCc1cn(C(C)C)c2cc(F)ccc12. The Morgan fingerprint density at radius 2 is 2.12 bits per heavy atom. The fraction of sp³-hybridized carbons (Fsp3) is 0.429. The summed E-state index contributed by atoms with van der Waals surface area (Å²) in [7, 11) is 1.95. The lowest BCUT2D eigenvalue weighted by Gasteiger charge is -2.08. The standard InChI is InChI=1S/C14H19FN2/c1-10(2)17-9-11(6-7-16-3)13-5-4-12(15)8-14(13)17/h4-5,8-10,16H,6-7H2,1-3H3. The number of rotatable bonds is 4. The summed E-state index contributed by atoms with van der Waals surface area (Å²) in [4.78, 5) is 0. The molecule has 0 bridgehead atoms. The van der Waals surface area contributed by atoms with E-state index in [4.69, 9.17) is 0 Å². The van der Waals surface area contributed by atoms with Crippen molar-refractivity contribution >= 4 is 10.9 Å². The third kappa shape index (κ3) is 2.34. The number of likely N-dealkylation sites (N-methyl/N-ethyl adjacent to an activating group) is 1. The smallest absolute Gasteiger partial charge is 0.125 e. The molecule has 0 saturated heterocycles. The van der Waals surface area contributed by atoms with E-state index in [9.17, 15) is 4.39 Å². The minimum Gasteiger partial charge on any atom is -0.345 e. The molecule has 92 valence electrons. The summed E-state index contributed by atoms with van der Waals surface area (Å²) >= 11 is 0. The van der Waals surface area contributed by atoms with Crippen LogP contribution < -0.4 is 5.32 Å². The van der Waals surface area contributed by atoms with E-state index in [-0.39, 0.29) is 5.82 Å². The van der Waals surface area contributed by atoms with Crippen molar-refractivity contribution in [2.45, 2.75) is 26.3 Å². The van der Waals surface area contributed by atoms with Gasteiger partial charge >= 0.3 is 0 Å². The lowest BCUT2D eigenvalue weighted by Crippen LogP contribution is -2.10. The van der Waals surface area contributed by atoms with E-state index in [1.54, 1.807) is 6.07 Å². The van der Waals surface area contributed by atoms with E-state index in [0.717, 1.165) is 23.9 Å². The largest absolute Gasteiger partial charge is 0.345 e. The second kappa shape index (κ2) is 4.88. The Balaban J connectivity index is 2.54. The predicted molar refractivity (Wildman–Crippen MR) is 69.9 cm³/mol. The van der Waals surface area contributed by atoms with Crippen LogP contribution in [0.25, 0.3) is 10.9 Å². The van der Waals surface area contributed by atoms with Crippen molar-refractivity contribution in [3.8, 4) is 0 Å². The third-order valence-electron chi connectivity index (χ3n) is 3.08. The van der Waals surface area contributed by atoms with Gasteiger partial charge in [0.25, 0.3) is 0 Å². The molecule has 1 aromatic heterocycles. The average molecular weight is 234 g/mol. The zero-order valence-electron chi connectivity index (χ0n) is 10.6. The first-order valence-electron chi connectivity index (χ1n) is 6.07. The molecular formula is C14H19FN2. The number of nitrogens with zero attached hydrogens (tertiary/aromatic N) is 1.